The van der Waals surface area contributed by atoms with Crippen LogP contribution >= 0.6 is 35.1 Å². The van der Waals surface area contributed by atoms with Gasteiger partial charge < -0.3 is 0 Å². The lowest BCUT2D eigenvalue weighted by atomic mass is 10.1. The summed E-state index contributed by atoms with van der Waals surface area (Å²) in [4.78, 5) is 11.9. The molecule has 16 heavy (non-hydrogen) atoms. The Morgan fingerprint density at radius 2 is 1.94 bits per heavy atom. The zero-order valence-corrected chi connectivity index (χ0v) is 11.0. The molecule has 0 atom stereocenters. The van der Waals surface area contributed by atoms with Crippen molar-refractivity contribution in [3.8, 4) is 0 Å². The standard InChI is InChI=1S/C12H11ClOS2/c13-10-5-2-1-4-9(10)11(14)8-12-15-6-3-7-16-12/h1-2,4-5,8H,3,6-7H2. The van der Waals surface area contributed by atoms with Gasteiger partial charge in [0, 0.05) is 15.9 Å². The van der Waals surface area contributed by atoms with E-state index in [-0.39, 0.29) is 5.78 Å². The third kappa shape index (κ3) is 3.06. The minimum Gasteiger partial charge on any atom is -0.289 e. The van der Waals surface area contributed by atoms with Crippen molar-refractivity contribution in [3.63, 3.8) is 0 Å². The van der Waals surface area contributed by atoms with Gasteiger partial charge in [-0.25, -0.2) is 0 Å². The first kappa shape index (κ1) is 12.1. The number of carbonyl (C=O) groups excluding carboxylic acids is 1. The highest BCUT2D eigenvalue weighted by atomic mass is 35.5. The maximum atomic E-state index is 11.9. The van der Waals surface area contributed by atoms with Crippen LogP contribution in [0.15, 0.2) is 34.6 Å². The smallest absolute Gasteiger partial charge is 0.188 e. The van der Waals surface area contributed by atoms with E-state index in [1.54, 1.807) is 41.7 Å². The number of ketones is 1. The van der Waals surface area contributed by atoms with E-state index in [0.717, 1.165) is 15.7 Å². The molecule has 1 fully saturated rings. The average Bonchev–Trinajstić information content (AvgIpc) is 2.31. The van der Waals surface area contributed by atoms with Crippen molar-refractivity contribution < 1.29 is 4.79 Å². The maximum Gasteiger partial charge on any atom is 0.188 e. The topological polar surface area (TPSA) is 17.1 Å². The van der Waals surface area contributed by atoms with Crippen molar-refractivity contribution in [2.45, 2.75) is 6.42 Å². The molecule has 1 aliphatic heterocycles. The quantitative estimate of drug-likeness (QED) is 0.591. The SMILES string of the molecule is O=C(C=C1SCCCS1)c1ccccc1Cl. The zero-order chi connectivity index (χ0) is 11.4. The zero-order valence-electron chi connectivity index (χ0n) is 8.61. The molecule has 2 rings (SSSR count). The van der Waals surface area contributed by atoms with Crippen LogP contribution in [0.1, 0.15) is 16.8 Å². The van der Waals surface area contributed by atoms with Crippen LogP contribution in [0.3, 0.4) is 0 Å². The van der Waals surface area contributed by atoms with Crippen molar-refractivity contribution >= 4 is 40.9 Å². The Hall–Kier alpha value is -0.380. The Labute approximate surface area is 109 Å². The lowest BCUT2D eigenvalue weighted by Crippen LogP contribution is -1.98. The van der Waals surface area contributed by atoms with Gasteiger partial charge in [-0.2, -0.15) is 0 Å². The third-order valence-corrected chi connectivity index (χ3v) is 4.99. The summed E-state index contributed by atoms with van der Waals surface area (Å²) in [6.07, 6.45) is 2.92. The molecule has 1 aromatic carbocycles. The molecule has 0 spiro atoms. The number of hydrogen-bond acceptors (Lipinski definition) is 3. The number of hydrogen-bond donors (Lipinski definition) is 0. The van der Waals surface area contributed by atoms with Gasteiger partial charge in [0.15, 0.2) is 5.78 Å². The lowest BCUT2D eigenvalue weighted by molar-refractivity contribution is 0.104. The van der Waals surface area contributed by atoms with E-state index in [9.17, 15) is 4.79 Å². The van der Waals surface area contributed by atoms with E-state index < -0.39 is 0 Å². The van der Waals surface area contributed by atoms with Crippen LogP contribution in [0.25, 0.3) is 0 Å². The molecular weight excluding hydrogens is 260 g/mol. The van der Waals surface area contributed by atoms with Gasteiger partial charge in [0.1, 0.15) is 0 Å². The van der Waals surface area contributed by atoms with Crippen LogP contribution in [0.2, 0.25) is 5.02 Å². The molecule has 0 unspecified atom stereocenters. The molecule has 0 aliphatic carbocycles. The summed E-state index contributed by atoms with van der Waals surface area (Å²) in [5.41, 5.74) is 0.587. The monoisotopic (exact) mass is 270 g/mol. The highest BCUT2D eigenvalue weighted by molar-refractivity contribution is 8.22. The Bertz CT molecular complexity index is 421. The van der Waals surface area contributed by atoms with Crippen LogP contribution < -0.4 is 0 Å². The number of benzene rings is 1. The molecular formula is C12H11ClOS2. The molecule has 0 radical (unpaired) electrons. The second-order valence-electron chi connectivity index (χ2n) is 3.36. The summed E-state index contributed by atoms with van der Waals surface area (Å²) < 4.78 is 1.11. The fourth-order valence-corrected chi connectivity index (χ4v) is 3.98. The summed E-state index contributed by atoms with van der Waals surface area (Å²) in [6.45, 7) is 0. The van der Waals surface area contributed by atoms with E-state index in [0.29, 0.717) is 10.6 Å². The Kier molecular flexibility index (Phi) is 4.38. The molecule has 1 heterocycles. The van der Waals surface area contributed by atoms with Crippen LogP contribution in [0, 0.1) is 0 Å². The average molecular weight is 271 g/mol. The van der Waals surface area contributed by atoms with Crippen LogP contribution in [-0.2, 0) is 0 Å². The molecule has 0 aromatic heterocycles. The Morgan fingerprint density at radius 1 is 1.25 bits per heavy atom. The first-order chi connectivity index (χ1) is 7.77. The van der Waals surface area contributed by atoms with Gasteiger partial charge in [-0.1, -0.05) is 23.7 Å². The number of rotatable bonds is 2. The highest BCUT2D eigenvalue weighted by Gasteiger charge is 2.11. The predicted molar refractivity (Wildman–Crippen MR) is 73.4 cm³/mol. The molecule has 4 heteroatoms. The molecule has 0 bridgehead atoms. The van der Waals surface area contributed by atoms with Gasteiger partial charge in [-0.15, -0.1) is 23.5 Å². The largest absolute Gasteiger partial charge is 0.289 e. The summed E-state index contributed by atoms with van der Waals surface area (Å²) >= 11 is 9.48. The van der Waals surface area contributed by atoms with Crippen molar-refractivity contribution in [1.82, 2.24) is 0 Å². The molecule has 0 N–H and O–H groups in total. The summed E-state index contributed by atoms with van der Waals surface area (Å²) in [5.74, 6) is 2.21. The van der Waals surface area contributed by atoms with E-state index in [1.807, 2.05) is 12.1 Å². The first-order valence-electron chi connectivity index (χ1n) is 5.03. The second kappa shape index (κ2) is 5.80. The predicted octanol–water partition coefficient (Wildman–Crippen LogP) is 4.23. The lowest BCUT2D eigenvalue weighted by Gasteiger charge is -2.11. The number of thioether (sulfide) groups is 2. The van der Waals surface area contributed by atoms with Crippen molar-refractivity contribution in [2.75, 3.05) is 11.5 Å². The fourth-order valence-electron chi connectivity index (χ4n) is 1.38. The summed E-state index contributed by atoms with van der Waals surface area (Å²) in [6, 6.07) is 7.17. The molecule has 1 aliphatic rings. The highest BCUT2D eigenvalue weighted by Crippen LogP contribution is 2.34. The van der Waals surface area contributed by atoms with E-state index in [1.165, 1.54) is 6.42 Å². The van der Waals surface area contributed by atoms with Gasteiger partial charge in [-0.05, 0) is 30.1 Å². The van der Waals surface area contributed by atoms with E-state index in [4.69, 9.17) is 11.6 Å². The number of carbonyl (C=O) groups is 1. The van der Waals surface area contributed by atoms with Gasteiger partial charge in [-0.3, -0.25) is 4.79 Å². The normalized spacial score (nSPS) is 15.9. The van der Waals surface area contributed by atoms with Crippen LogP contribution in [0.4, 0.5) is 0 Å². The second-order valence-corrected chi connectivity index (χ2v) is 6.30. The van der Waals surface area contributed by atoms with Crippen LogP contribution in [-0.4, -0.2) is 17.3 Å². The first-order valence-corrected chi connectivity index (χ1v) is 7.38. The van der Waals surface area contributed by atoms with Gasteiger partial charge in [0.2, 0.25) is 0 Å². The fraction of sp³-hybridized carbons (Fsp3) is 0.250. The molecule has 84 valence electrons. The summed E-state index contributed by atoms with van der Waals surface area (Å²) in [7, 11) is 0. The van der Waals surface area contributed by atoms with Crippen molar-refractivity contribution in [1.29, 1.82) is 0 Å². The minimum absolute atomic E-state index is 0.00231. The van der Waals surface area contributed by atoms with Gasteiger partial charge in [0.05, 0.1) is 5.02 Å². The van der Waals surface area contributed by atoms with E-state index >= 15 is 0 Å². The van der Waals surface area contributed by atoms with Crippen LogP contribution in [0.5, 0.6) is 0 Å². The number of halogens is 1. The minimum atomic E-state index is 0.00231. The van der Waals surface area contributed by atoms with Crippen molar-refractivity contribution in [3.05, 3.63) is 45.2 Å². The van der Waals surface area contributed by atoms with Gasteiger partial charge in [0.25, 0.3) is 0 Å². The number of allylic oxidation sites excluding steroid dienone is 1. The van der Waals surface area contributed by atoms with E-state index in [2.05, 4.69) is 0 Å². The Morgan fingerprint density at radius 3 is 2.62 bits per heavy atom. The molecule has 0 saturated carbocycles. The van der Waals surface area contributed by atoms with Crippen molar-refractivity contribution in [2.24, 2.45) is 0 Å². The molecule has 1 aromatic rings. The third-order valence-electron chi connectivity index (χ3n) is 2.17. The molecule has 1 nitrogen and oxygen atoms in total. The van der Waals surface area contributed by atoms with Gasteiger partial charge >= 0.3 is 0 Å². The molecule has 1 saturated heterocycles. The summed E-state index contributed by atoms with van der Waals surface area (Å²) in [5, 5.41) is 0.523. The maximum absolute atomic E-state index is 11.9. The molecule has 0 amide bonds. The Balaban J connectivity index is 2.16.